The Labute approximate surface area is 153 Å². The summed E-state index contributed by atoms with van der Waals surface area (Å²) in [6, 6.07) is 26.9. The zero-order valence-electron chi connectivity index (χ0n) is 14.3. The van der Waals surface area contributed by atoms with Gasteiger partial charge in [-0.1, -0.05) is 42.5 Å². The number of aryl methyl sites for hydroxylation is 1. The molecular formula is C22H19N3O. The van der Waals surface area contributed by atoms with Crippen molar-refractivity contribution in [3.05, 3.63) is 90.0 Å². The van der Waals surface area contributed by atoms with E-state index in [1.165, 1.54) is 0 Å². The molecule has 0 heterocycles. The highest BCUT2D eigenvalue weighted by atomic mass is 16.1. The van der Waals surface area contributed by atoms with E-state index in [0.717, 1.165) is 29.0 Å². The first kappa shape index (κ1) is 17.2. The van der Waals surface area contributed by atoms with E-state index in [9.17, 15) is 4.79 Å². The monoisotopic (exact) mass is 341 g/mol. The zero-order chi connectivity index (χ0) is 18.2. The third-order valence-electron chi connectivity index (χ3n) is 3.98. The average Bonchev–Trinajstić information content (AvgIpc) is 2.69. The Morgan fingerprint density at radius 1 is 0.846 bits per heavy atom. The minimum Gasteiger partial charge on any atom is -0.354 e. The van der Waals surface area contributed by atoms with Crippen LogP contribution in [-0.4, -0.2) is 5.91 Å². The predicted octanol–water partition coefficient (Wildman–Crippen LogP) is 4.87. The highest BCUT2D eigenvalue weighted by Gasteiger charge is 2.04. The number of benzene rings is 3. The molecule has 26 heavy (non-hydrogen) atoms. The molecule has 0 aliphatic carbocycles. The normalized spacial score (nSPS) is 9.96. The van der Waals surface area contributed by atoms with E-state index in [4.69, 9.17) is 5.26 Å². The number of para-hydroxylation sites is 1. The zero-order valence-corrected chi connectivity index (χ0v) is 14.3. The van der Waals surface area contributed by atoms with Gasteiger partial charge in [-0.15, -0.1) is 0 Å². The fourth-order valence-corrected chi connectivity index (χ4v) is 2.61. The Morgan fingerprint density at radius 2 is 1.50 bits per heavy atom. The van der Waals surface area contributed by atoms with Gasteiger partial charge in [-0.3, -0.25) is 4.79 Å². The first-order valence-electron chi connectivity index (χ1n) is 8.44. The molecule has 1 amide bonds. The van der Waals surface area contributed by atoms with Crippen LogP contribution in [0.5, 0.6) is 0 Å². The summed E-state index contributed by atoms with van der Waals surface area (Å²) in [5, 5.41) is 15.3. The van der Waals surface area contributed by atoms with Crippen LogP contribution in [0.1, 0.15) is 17.5 Å². The second-order valence-corrected chi connectivity index (χ2v) is 5.89. The van der Waals surface area contributed by atoms with Gasteiger partial charge in [0.25, 0.3) is 0 Å². The van der Waals surface area contributed by atoms with Gasteiger partial charge in [0.15, 0.2) is 0 Å². The van der Waals surface area contributed by atoms with Gasteiger partial charge in [0.05, 0.1) is 11.3 Å². The largest absolute Gasteiger partial charge is 0.354 e. The maximum Gasteiger partial charge on any atom is 0.224 e. The number of nitriles is 1. The fourth-order valence-electron chi connectivity index (χ4n) is 2.61. The highest BCUT2D eigenvalue weighted by molar-refractivity contribution is 5.91. The molecule has 0 saturated carbocycles. The Morgan fingerprint density at radius 3 is 2.23 bits per heavy atom. The number of nitrogens with zero attached hydrogens (tertiary/aromatic N) is 1. The second-order valence-electron chi connectivity index (χ2n) is 5.89. The lowest BCUT2D eigenvalue weighted by Gasteiger charge is -2.10. The topological polar surface area (TPSA) is 64.9 Å². The van der Waals surface area contributed by atoms with Gasteiger partial charge < -0.3 is 10.6 Å². The Balaban J connectivity index is 1.56. The quantitative estimate of drug-likeness (QED) is 0.672. The van der Waals surface area contributed by atoms with Crippen LogP contribution >= 0.6 is 0 Å². The summed E-state index contributed by atoms with van der Waals surface area (Å²) < 4.78 is 0. The van der Waals surface area contributed by atoms with Gasteiger partial charge in [0, 0.05) is 17.8 Å². The lowest BCUT2D eigenvalue weighted by molar-refractivity contribution is -0.116. The first-order valence-corrected chi connectivity index (χ1v) is 8.44. The van der Waals surface area contributed by atoms with E-state index in [0.29, 0.717) is 12.0 Å². The second kappa shape index (κ2) is 8.50. The van der Waals surface area contributed by atoms with Crippen molar-refractivity contribution in [2.24, 2.45) is 0 Å². The Bertz CT molecular complexity index is 912. The molecule has 4 nitrogen and oxygen atoms in total. The van der Waals surface area contributed by atoms with Gasteiger partial charge in [-0.05, 0) is 48.4 Å². The minimum atomic E-state index is -0.00983. The summed E-state index contributed by atoms with van der Waals surface area (Å²) in [6.07, 6.45) is 1.16. The van der Waals surface area contributed by atoms with Crippen LogP contribution in [0.3, 0.4) is 0 Å². The van der Waals surface area contributed by atoms with E-state index in [2.05, 4.69) is 16.7 Å². The molecule has 3 rings (SSSR count). The van der Waals surface area contributed by atoms with Crippen LogP contribution in [-0.2, 0) is 11.2 Å². The van der Waals surface area contributed by atoms with Crippen molar-refractivity contribution >= 4 is 23.0 Å². The molecule has 0 spiro atoms. The molecule has 2 N–H and O–H groups in total. The van der Waals surface area contributed by atoms with Crippen molar-refractivity contribution in [1.82, 2.24) is 0 Å². The lowest BCUT2D eigenvalue weighted by Crippen LogP contribution is -2.12. The molecule has 0 atom stereocenters. The van der Waals surface area contributed by atoms with Gasteiger partial charge in [0.1, 0.15) is 6.07 Å². The number of anilines is 3. The van der Waals surface area contributed by atoms with E-state index < -0.39 is 0 Å². The number of carbonyl (C=O) groups excluding carboxylic acids is 1. The molecule has 0 aromatic heterocycles. The summed E-state index contributed by atoms with van der Waals surface area (Å²) in [5.41, 5.74) is 4.11. The van der Waals surface area contributed by atoms with E-state index in [1.54, 1.807) is 6.07 Å². The number of carbonyl (C=O) groups is 1. The first-order chi connectivity index (χ1) is 12.7. The van der Waals surface area contributed by atoms with Crippen LogP contribution in [0.2, 0.25) is 0 Å². The number of rotatable bonds is 6. The van der Waals surface area contributed by atoms with Crippen LogP contribution < -0.4 is 10.6 Å². The molecule has 0 aliphatic rings. The number of nitrogens with one attached hydrogen (secondary N) is 2. The number of hydrogen-bond acceptors (Lipinski definition) is 3. The lowest BCUT2D eigenvalue weighted by atomic mass is 10.1. The smallest absolute Gasteiger partial charge is 0.224 e. The Hall–Kier alpha value is -3.58. The average molecular weight is 341 g/mol. The molecule has 3 aromatic carbocycles. The summed E-state index contributed by atoms with van der Waals surface area (Å²) in [4.78, 5) is 12.1. The molecule has 0 saturated heterocycles. The van der Waals surface area contributed by atoms with Crippen molar-refractivity contribution in [1.29, 1.82) is 5.26 Å². The number of hydrogen-bond donors (Lipinski definition) is 2. The van der Waals surface area contributed by atoms with Gasteiger partial charge in [-0.25, -0.2) is 0 Å². The standard InChI is InChI=1S/C22H19N3O/c23-16-18-8-4-5-9-21(18)24-19-11-13-20(14-12-19)25-22(26)15-10-17-6-2-1-3-7-17/h1-9,11-14,24H,10,15H2,(H,25,26). The molecule has 0 radical (unpaired) electrons. The van der Waals surface area contributed by atoms with E-state index in [-0.39, 0.29) is 5.91 Å². The maximum absolute atomic E-state index is 12.1. The van der Waals surface area contributed by atoms with Crippen molar-refractivity contribution in [2.75, 3.05) is 10.6 Å². The Kier molecular flexibility index (Phi) is 5.64. The highest BCUT2D eigenvalue weighted by Crippen LogP contribution is 2.21. The minimum absolute atomic E-state index is 0.00983. The van der Waals surface area contributed by atoms with Crippen LogP contribution in [0, 0.1) is 11.3 Å². The van der Waals surface area contributed by atoms with Gasteiger partial charge >= 0.3 is 0 Å². The van der Waals surface area contributed by atoms with E-state index in [1.807, 2.05) is 72.8 Å². The van der Waals surface area contributed by atoms with Crippen LogP contribution in [0.15, 0.2) is 78.9 Å². The van der Waals surface area contributed by atoms with Crippen LogP contribution in [0.25, 0.3) is 0 Å². The molecule has 3 aromatic rings. The van der Waals surface area contributed by atoms with Crippen molar-refractivity contribution in [3.8, 4) is 6.07 Å². The predicted molar refractivity (Wildman–Crippen MR) is 104 cm³/mol. The van der Waals surface area contributed by atoms with Crippen LogP contribution in [0.4, 0.5) is 17.1 Å². The van der Waals surface area contributed by atoms with E-state index >= 15 is 0 Å². The van der Waals surface area contributed by atoms with Gasteiger partial charge in [0.2, 0.25) is 5.91 Å². The molecule has 4 heteroatoms. The summed E-state index contributed by atoms with van der Waals surface area (Å²) in [5.74, 6) is -0.00983. The molecule has 0 aliphatic heterocycles. The summed E-state index contributed by atoms with van der Waals surface area (Å²) in [6.45, 7) is 0. The SMILES string of the molecule is N#Cc1ccccc1Nc1ccc(NC(=O)CCc2ccccc2)cc1. The molecule has 0 bridgehead atoms. The van der Waals surface area contributed by atoms with Crippen molar-refractivity contribution in [3.63, 3.8) is 0 Å². The fraction of sp³-hybridized carbons (Fsp3) is 0.0909. The summed E-state index contributed by atoms with van der Waals surface area (Å²) >= 11 is 0. The van der Waals surface area contributed by atoms with Gasteiger partial charge in [-0.2, -0.15) is 5.26 Å². The van der Waals surface area contributed by atoms with Crippen molar-refractivity contribution < 1.29 is 4.79 Å². The third kappa shape index (κ3) is 4.71. The third-order valence-corrected chi connectivity index (χ3v) is 3.98. The molecular weight excluding hydrogens is 322 g/mol. The molecule has 0 fully saturated rings. The molecule has 128 valence electrons. The number of amides is 1. The van der Waals surface area contributed by atoms with Crippen molar-refractivity contribution in [2.45, 2.75) is 12.8 Å². The maximum atomic E-state index is 12.1. The molecule has 0 unspecified atom stereocenters. The summed E-state index contributed by atoms with van der Waals surface area (Å²) in [7, 11) is 0.